The zero-order chi connectivity index (χ0) is 13.5. The highest BCUT2D eigenvalue weighted by Crippen LogP contribution is 2.17. The van der Waals surface area contributed by atoms with Crippen LogP contribution in [0.15, 0.2) is 24.3 Å². The molecule has 1 aromatic carbocycles. The second-order valence-electron chi connectivity index (χ2n) is 3.48. The van der Waals surface area contributed by atoms with Gasteiger partial charge >= 0.3 is 12.0 Å². The van der Waals surface area contributed by atoms with Crippen LogP contribution < -0.4 is 16.0 Å². The molecule has 0 spiro atoms. The number of halogens is 1. The lowest BCUT2D eigenvalue weighted by atomic mass is 10.3. The number of anilines is 1. The van der Waals surface area contributed by atoms with E-state index in [0.29, 0.717) is 10.7 Å². The van der Waals surface area contributed by atoms with Crippen molar-refractivity contribution in [2.24, 2.45) is 5.73 Å². The molecule has 0 bridgehead atoms. The maximum Gasteiger partial charge on any atom is 0.323 e. The third-order valence-corrected chi connectivity index (χ3v) is 2.35. The average Bonchev–Trinajstić information content (AvgIpc) is 2.34. The number of benzene rings is 1. The smallest absolute Gasteiger partial charge is 0.323 e. The van der Waals surface area contributed by atoms with Crippen molar-refractivity contribution >= 4 is 29.3 Å². The van der Waals surface area contributed by atoms with E-state index in [1.165, 1.54) is 0 Å². The molecule has 0 saturated heterocycles. The van der Waals surface area contributed by atoms with Crippen LogP contribution in [-0.2, 0) is 4.79 Å². The van der Waals surface area contributed by atoms with E-state index < -0.39 is 18.5 Å². The average molecular weight is 272 g/mol. The molecule has 1 rings (SSSR count). The molecule has 6 nitrogen and oxygen atoms in total. The molecular weight excluding hydrogens is 258 g/mol. The zero-order valence-electron chi connectivity index (χ0n) is 9.60. The molecule has 0 radical (unpaired) electrons. The summed E-state index contributed by atoms with van der Waals surface area (Å²) in [6.07, 6.45) is 0. The van der Waals surface area contributed by atoms with E-state index in [0.717, 1.165) is 4.90 Å². The molecule has 0 heterocycles. The molecule has 0 unspecified atom stereocenters. The first-order chi connectivity index (χ1) is 8.54. The van der Waals surface area contributed by atoms with Gasteiger partial charge in [-0.2, -0.15) is 0 Å². The molecular formula is C11H14ClN3O3. The molecule has 98 valence electrons. The Balaban J connectivity index is 2.86. The van der Waals surface area contributed by atoms with Gasteiger partial charge in [0, 0.05) is 23.8 Å². The third-order valence-electron chi connectivity index (χ3n) is 2.10. The van der Waals surface area contributed by atoms with Crippen LogP contribution in [0.1, 0.15) is 0 Å². The summed E-state index contributed by atoms with van der Waals surface area (Å²) in [7, 11) is 0. The summed E-state index contributed by atoms with van der Waals surface area (Å²) in [5, 5.41) is 11.8. The molecule has 0 aromatic heterocycles. The van der Waals surface area contributed by atoms with E-state index in [1.807, 2.05) is 0 Å². The first-order valence-electron chi connectivity index (χ1n) is 5.27. The highest BCUT2D eigenvalue weighted by atomic mass is 35.5. The molecule has 0 atom stereocenters. The van der Waals surface area contributed by atoms with Gasteiger partial charge in [0.05, 0.1) is 0 Å². The van der Waals surface area contributed by atoms with Crippen LogP contribution in [0, 0.1) is 0 Å². The summed E-state index contributed by atoms with van der Waals surface area (Å²) >= 11 is 5.73. The van der Waals surface area contributed by atoms with Gasteiger partial charge in [0.1, 0.15) is 6.54 Å². The van der Waals surface area contributed by atoms with Crippen molar-refractivity contribution in [1.82, 2.24) is 5.32 Å². The van der Waals surface area contributed by atoms with Gasteiger partial charge in [-0.3, -0.25) is 9.69 Å². The summed E-state index contributed by atoms with van der Waals surface area (Å²) < 4.78 is 0. The molecule has 0 aliphatic rings. The van der Waals surface area contributed by atoms with Gasteiger partial charge in [-0.15, -0.1) is 0 Å². The molecule has 7 heteroatoms. The first kappa shape index (κ1) is 14.3. The van der Waals surface area contributed by atoms with E-state index in [9.17, 15) is 9.59 Å². The van der Waals surface area contributed by atoms with Gasteiger partial charge in [-0.05, 0) is 24.3 Å². The highest BCUT2D eigenvalue weighted by molar-refractivity contribution is 6.30. The Morgan fingerprint density at radius 2 is 1.94 bits per heavy atom. The number of carboxylic acid groups (broad SMARTS) is 1. The number of nitrogens with one attached hydrogen (secondary N) is 1. The number of nitrogens with zero attached hydrogens (tertiary/aromatic N) is 1. The van der Waals surface area contributed by atoms with Gasteiger partial charge in [0.25, 0.3) is 0 Å². The van der Waals surface area contributed by atoms with E-state index in [1.54, 1.807) is 24.3 Å². The number of aliphatic carboxylic acids is 1. The molecule has 0 aliphatic carbocycles. The normalized spacial score (nSPS) is 9.89. The van der Waals surface area contributed by atoms with E-state index in [4.69, 9.17) is 22.4 Å². The number of urea groups is 1. The summed E-state index contributed by atoms with van der Waals surface area (Å²) in [5.74, 6) is -1.10. The van der Waals surface area contributed by atoms with Gasteiger partial charge < -0.3 is 16.2 Å². The minimum atomic E-state index is -1.10. The summed E-state index contributed by atoms with van der Waals surface area (Å²) in [4.78, 5) is 23.6. The number of carbonyl (C=O) groups is 2. The fraction of sp³-hybridized carbons (Fsp3) is 0.273. The Labute approximate surface area is 109 Å². The minimum absolute atomic E-state index is 0.280. The topological polar surface area (TPSA) is 95.7 Å². The number of carboxylic acids is 1. The van der Waals surface area contributed by atoms with Crippen molar-refractivity contribution in [3.05, 3.63) is 29.3 Å². The number of carbonyl (C=O) groups excluding carboxylic acids is 1. The Morgan fingerprint density at radius 3 is 2.44 bits per heavy atom. The number of hydrogen-bond acceptors (Lipinski definition) is 3. The second-order valence-corrected chi connectivity index (χ2v) is 3.91. The minimum Gasteiger partial charge on any atom is -0.480 e. The quantitative estimate of drug-likeness (QED) is 0.741. The van der Waals surface area contributed by atoms with Gasteiger partial charge in [0.2, 0.25) is 0 Å². The van der Waals surface area contributed by atoms with Gasteiger partial charge in [-0.1, -0.05) is 11.6 Å². The number of amides is 2. The maximum atomic E-state index is 11.8. The number of hydrogen-bond donors (Lipinski definition) is 3. The van der Waals surface area contributed by atoms with Crippen LogP contribution in [0.2, 0.25) is 5.02 Å². The van der Waals surface area contributed by atoms with Gasteiger partial charge in [0.15, 0.2) is 0 Å². The molecule has 0 aliphatic heterocycles. The van der Waals surface area contributed by atoms with Crippen LogP contribution in [0.5, 0.6) is 0 Å². The largest absolute Gasteiger partial charge is 0.480 e. The Morgan fingerprint density at radius 1 is 1.33 bits per heavy atom. The first-order valence-corrected chi connectivity index (χ1v) is 5.65. The standard InChI is InChI=1S/C11H14ClN3O3/c12-8-1-3-9(4-2-8)15(7-10(16)17)11(18)14-6-5-13/h1-4H,5-7,13H2,(H,14,18)(H,16,17). The summed E-state index contributed by atoms with van der Waals surface area (Å²) in [6.45, 7) is 0.133. The fourth-order valence-electron chi connectivity index (χ4n) is 1.31. The lowest BCUT2D eigenvalue weighted by molar-refractivity contribution is -0.135. The van der Waals surface area contributed by atoms with Crippen molar-refractivity contribution in [2.45, 2.75) is 0 Å². The molecule has 4 N–H and O–H groups in total. The van der Waals surface area contributed by atoms with Crippen molar-refractivity contribution in [2.75, 3.05) is 24.5 Å². The monoisotopic (exact) mass is 271 g/mol. The molecule has 2 amide bonds. The van der Waals surface area contributed by atoms with Crippen LogP contribution >= 0.6 is 11.6 Å². The molecule has 18 heavy (non-hydrogen) atoms. The van der Waals surface area contributed by atoms with Crippen molar-refractivity contribution in [3.8, 4) is 0 Å². The van der Waals surface area contributed by atoms with Crippen molar-refractivity contribution in [1.29, 1.82) is 0 Å². The van der Waals surface area contributed by atoms with Gasteiger partial charge in [-0.25, -0.2) is 4.79 Å². The predicted octanol–water partition coefficient (Wildman–Crippen LogP) is 0.899. The van der Waals surface area contributed by atoms with Crippen LogP contribution in [-0.4, -0.2) is 36.7 Å². The SMILES string of the molecule is NCCNC(=O)N(CC(=O)O)c1ccc(Cl)cc1. The highest BCUT2D eigenvalue weighted by Gasteiger charge is 2.18. The van der Waals surface area contributed by atoms with Crippen LogP contribution in [0.3, 0.4) is 0 Å². The molecule has 1 aromatic rings. The van der Waals surface area contributed by atoms with E-state index in [2.05, 4.69) is 5.32 Å². The Kier molecular flexibility index (Phi) is 5.41. The number of nitrogens with two attached hydrogens (primary N) is 1. The lowest BCUT2D eigenvalue weighted by Crippen LogP contribution is -2.44. The van der Waals surface area contributed by atoms with Crippen molar-refractivity contribution in [3.63, 3.8) is 0 Å². The fourth-order valence-corrected chi connectivity index (χ4v) is 1.44. The van der Waals surface area contributed by atoms with Crippen LogP contribution in [0.25, 0.3) is 0 Å². The lowest BCUT2D eigenvalue weighted by Gasteiger charge is -2.21. The summed E-state index contributed by atoms with van der Waals surface area (Å²) in [6, 6.07) is 5.81. The summed E-state index contributed by atoms with van der Waals surface area (Å²) in [5.41, 5.74) is 5.72. The third kappa shape index (κ3) is 4.23. The predicted molar refractivity (Wildman–Crippen MR) is 68.9 cm³/mol. The van der Waals surface area contributed by atoms with Crippen LogP contribution in [0.4, 0.5) is 10.5 Å². The zero-order valence-corrected chi connectivity index (χ0v) is 10.4. The second kappa shape index (κ2) is 6.83. The van der Waals surface area contributed by atoms with E-state index >= 15 is 0 Å². The van der Waals surface area contributed by atoms with E-state index in [-0.39, 0.29) is 13.1 Å². The Bertz CT molecular complexity index is 422. The number of rotatable bonds is 5. The Hall–Kier alpha value is -1.79. The molecule has 0 fully saturated rings. The maximum absolute atomic E-state index is 11.8. The molecule has 0 saturated carbocycles. The van der Waals surface area contributed by atoms with Crippen molar-refractivity contribution < 1.29 is 14.7 Å².